The fourth-order valence-corrected chi connectivity index (χ4v) is 4.74. The first-order valence-electron chi connectivity index (χ1n) is 10.2. The van der Waals surface area contributed by atoms with Gasteiger partial charge in [0.2, 0.25) is 15.9 Å². The molecule has 0 unspecified atom stereocenters. The molecule has 0 saturated heterocycles. The molecule has 0 spiro atoms. The second kappa shape index (κ2) is 9.53. The van der Waals surface area contributed by atoms with Gasteiger partial charge in [0.05, 0.1) is 24.0 Å². The van der Waals surface area contributed by atoms with Gasteiger partial charge < -0.3 is 15.0 Å². The lowest BCUT2D eigenvalue weighted by molar-refractivity contribution is -0.120. The van der Waals surface area contributed by atoms with Crippen LogP contribution in [0.15, 0.2) is 18.2 Å². The number of carbonyl (C=O) groups excluding carboxylic acids is 1. The SMILES string of the molecule is CC(C)S(=O)(=O)NCC1CCC(NC(=O)CN2CCOc3cc(Cl)ccc32)CC1. The Kier molecular flexibility index (Phi) is 7.29. The van der Waals surface area contributed by atoms with Crippen molar-refractivity contribution in [1.29, 1.82) is 0 Å². The molecule has 1 fully saturated rings. The molecule has 0 radical (unpaired) electrons. The largest absolute Gasteiger partial charge is 0.490 e. The molecule has 9 heteroatoms. The monoisotopic (exact) mass is 443 g/mol. The third-order valence-electron chi connectivity index (χ3n) is 5.62. The number of sulfonamides is 1. The van der Waals surface area contributed by atoms with Gasteiger partial charge in [-0.15, -0.1) is 0 Å². The van der Waals surface area contributed by atoms with Crippen LogP contribution in [-0.2, 0) is 14.8 Å². The minimum absolute atomic E-state index is 0.00300. The van der Waals surface area contributed by atoms with Crippen molar-refractivity contribution in [2.45, 2.75) is 50.8 Å². The number of rotatable bonds is 7. The molecule has 1 saturated carbocycles. The first-order chi connectivity index (χ1) is 13.7. The quantitative estimate of drug-likeness (QED) is 0.676. The van der Waals surface area contributed by atoms with E-state index in [2.05, 4.69) is 10.0 Å². The molecule has 1 amide bonds. The second-order valence-corrected chi connectivity index (χ2v) is 10.9. The third kappa shape index (κ3) is 5.99. The van der Waals surface area contributed by atoms with E-state index in [-0.39, 0.29) is 18.5 Å². The minimum atomic E-state index is -3.22. The molecule has 1 aliphatic heterocycles. The summed E-state index contributed by atoms with van der Waals surface area (Å²) >= 11 is 6.02. The summed E-state index contributed by atoms with van der Waals surface area (Å²) in [6, 6.07) is 5.60. The van der Waals surface area contributed by atoms with Crippen LogP contribution in [-0.4, -0.2) is 51.9 Å². The number of halogens is 1. The Balaban J connectivity index is 1.44. The summed E-state index contributed by atoms with van der Waals surface area (Å²) in [6.45, 7) is 5.30. The van der Waals surface area contributed by atoms with E-state index in [1.165, 1.54) is 0 Å². The zero-order valence-electron chi connectivity index (χ0n) is 17.0. The summed E-state index contributed by atoms with van der Waals surface area (Å²) in [4.78, 5) is 14.6. The Bertz CT molecular complexity index is 823. The summed E-state index contributed by atoms with van der Waals surface area (Å²) in [6.07, 6.45) is 3.55. The maximum Gasteiger partial charge on any atom is 0.239 e. The predicted octanol–water partition coefficient (Wildman–Crippen LogP) is 2.54. The first kappa shape index (κ1) is 22.2. The van der Waals surface area contributed by atoms with Gasteiger partial charge in [-0.2, -0.15) is 0 Å². The molecule has 1 heterocycles. The van der Waals surface area contributed by atoms with Crippen molar-refractivity contribution in [3.63, 3.8) is 0 Å². The van der Waals surface area contributed by atoms with Crippen LogP contribution >= 0.6 is 11.6 Å². The molecule has 162 valence electrons. The maximum absolute atomic E-state index is 12.6. The van der Waals surface area contributed by atoms with Gasteiger partial charge in [-0.25, -0.2) is 13.1 Å². The van der Waals surface area contributed by atoms with Gasteiger partial charge in [0.25, 0.3) is 0 Å². The van der Waals surface area contributed by atoms with Gasteiger partial charge in [-0.1, -0.05) is 11.6 Å². The summed E-state index contributed by atoms with van der Waals surface area (Å²) in [7, 11) is -3.22. The summed E-state index contributed by atoms with van der Waals surface area (Å²) in [5.74, 6) is 1.03. The molecular formula is C20H30ClN3O4S. The van der Waals surface area contributed by atoms with E-state index in [0.717, 1.165) is 31.4 Å². The van der Waals surface area contributed by atoms with Gasteiger partial charge in [0, 0.05) is 23.7 Å². The zero-order valence-corrected chi connectivity index (χ0v) is 18.6. The molecule has 1 aliphatic carbocycles. The van der Waals surface area contributed by atoms with Gasteiger partial charge >= 0.3 is 0 Å². The van der Waals surface area contributed by atoms with Crippen molar-refractivity contribution in [3.8, 4) is 5.75 Å². The Labute approximate surface area is 178 Å². The second-order valence-electron chi connectivity index (χ2n) is 8.11. The number of ether oxygens (including phenoxy) is 1. The third-order valence-corrected chi connectivity index (χ3v) is 7.67. The van der Waals surface area contributed by atoms with Gasteiger partial charge in [-0.3, -0.25) is 4.79 Å². The molecule has 1 aromatic rings. The predicted molar refractivity (Wildman–Crippen MR) is 115 cm³/mol. The lowest BCUT2D eigenvalue weighted by Gasteiger charge is -2.33. The van der Waals surface area contributed by atoms with E-state index in [0.29, 0.717) is 36.4 Å². The average molecular weight is 444 g/mol. The molecule has 1 aromatic carbocycles. The molecule has 2 N–H and O–H groups in total. The molecule has 29 heavy (non-hydrogen) atoms. The Morgan fingerprint density at radius 1 is 1.28 bits per heavy atom. The Hall–Kier alpha value is -1.51. The number of hydrogen-bond acceptors (Lipinski definition) is 5. The number of anilines is 1. The summed E-state index contributed by atoms with van der Waals surface area (Å²) in [5, 5.41) is 3.33. The average Bonchev–Trinajstić information content (AvgIpc) is 2.67. The lowest BCUT2D eigenvalue weighted by atomic mass is 9.86. The normalized spacial score (nSPS) is 22.1. The van der Waals surface area contributed by atoms with Crippen LogP contribution in [0.25, 0.3) is 0 Å². The molecule has 3 rings (SSSR count). The Morgan fingerprint density at radius 2 is 2.00 bits per heavy atom. The molecule has 0 bridgehead atoms. The molecule has 2 aliphatic rings. The fraction of sp³-hybridized carbons (Fsp3) is 0.650. The smallest absolute Gasteiger partial charge is 0.239 e. The van der Waals surface area contributed by atoms with Crippen molar-refractivity contribution in [3.05, 3.63) is 23.2 Å². The van der Waals surface area contributed by atoms with Crippen molar-refractivity contribution in [2.75, 3.05) is 31.1 Å². The highest BCUT2D eigenvalue weighted by Crippen LogP contribution is 2.33. The number of carbonyl (C=O) groups is 1. The number of benzene rings is 1. The zero-order chi connectivity index (χ0) is 21.0. The van der Waals surface area contributed by atoms with Crippen LogP contribution < -0.4 is 19.7 Å². The topological polar surface area (TPSA) is 87.7 Å². The molecular weight excluding hydrogens is 414 g/mol. The minimum Gasteiger partial charge on any atom is -0.490 e. The van der Waals surface area contributed by atoms with Crippen LogP contribution in [0.3, 0.4) is 0 Å². The van der Waals surface area contributed by atoms with Crippen LogP contribution in [0.4, 0.5) is 5.69 Å². The Morgan fingerprint density at radius 3 is 2.69 bits per heavy atom. The maximum atomic E-state index is 12.6. The van der Waals surface area contributed by atoms with E-state index in [1.54, 1.807) is 26.0 Å². The van der Waals surface area contributed by atoms with E-state index in [9.17, 15) is 13.2 Å². The highest BCUT2D eigenvalue weighted by molar-refractivity contribution is 7.90. The number of amides is 1. The van der Waals surface area contributed by atoms with Crippen LogP contribution in [0.1, 0.15) is 39.5 Å². The lowest BCUT2D eigenvalue weighted by Crippen LogP contribution is -2.46. The fourth-order valence-electron chi connectivity index (χ4n) is 3.77. The number of hydrogen-bond donors (Lipinski definition) is 2. The highest BCUT2D eigenvalue weighted by atomic mass is 35.5. The van der Waals surface area contributed by atoms with Gasteiger partial charge in [-0.05, 0) is 57.6 Å². The van der Waals surface area contributed by atoms with Crippen molar-refractivity contribution >= 4 is 33.2 Å². The number of nitrogens with zero attached hydrogens (tertiary/aromatic N) is 1. The van der Waals surface area contributed by atoms with Crippen molar-refractivity contribution < 1.29 is 17.9 Å². The van der Waals surface area contributed by atoms with Gasteiger partial charge in [0.1, 0.15) is 12.4 Å². The molecule has 7 nitrogen and oxygen atoms in total. The summed E-state index contributed by atoms with van der Waals surface area (Å²) < 4.78 is 32.1. The van der Waals surface area contributed by atoms with Crippen LogP contribution in [0.2, 0.25) is 5.02 Å². The number of fused-ring (bicyclic) bond motifs is 1. The molecule has 0 aromatic heterocycles. The van der Waals surface area contributed by atoms with E-state index >= 15 is 0 Å². The summed E-state index contributed by atoms with van der Waals surface area (Å²) in [5.41, 5.74) is 0.886. The van der Waals surface area contributed by atoms with Crippen LogP contribution in [0.5, 0.6) is 5.75 Å². The molecule has 0 atom stereocenters. The van der Waals surface area contributed by atoms with Gasteiger partial charge in [0.15, 0.2) is 0 Å². The van der Waals surface area contributed by atoms with E-state index < -0.39 is 15.3 Å². The van der Waals surface area contributed by atoms with Crippen LogP contribution in [0, 0.1) is 5.92 Å². The number of nitrogens with one attached hydrogen (secondary N) is 2. The van der Waals surface area contributed by atoms with Crippen molar-refractivity contribution in [1.82, 2.24) is 10.0 Å². The van der Waals surface area contributed by atoms with Crippen molar-refractivity contribution in [2.24, 2.45) is 5.92 Å². The highest BCUT2D eigenvalue weighted by Gasteiger charge is 2.26. The first-order valence-corrected chi connectivity index (χ1v) is 12.1. The van der Waals surface area contributed by atoms with E-state index in [4.69, 9.17) is 16.3 Å². The standard InChI is InChI=1S/C20H30ClN3O4S/c1-14(2)29(26,27)22-12-15-3-6-17(7-4-15)23-20(25)13-24-9-10-28-19-11-16(21)5-8-18(19)24/h5,8,11,14-15,17,22H,3-4,6-7,9-10,12-13H2,1-2H3,(H,23,25). The van der Waals surface area contributed by atoms with E-state index in [1.807, 2.05) is 11.0 Å².